The topological polar surface area (TPSA) is 46.5 Å². The zero-order valence-electron chi connectivity index (χ0n) is 13.5. The highest BCUT2D eigenvalue weighted by Gasteiger charge is 2.26. The van der Waals surface area contributed by atoms with Crippen molar-refractivity contribution in [3.8, 4) is 5.75 Å². The van der Waals surface area contributed by atoms with Crippen LogP contribution in [0.1, 0.15) is 32.1 Å². The van der Waals surface area contributed by atoms with Crippen LogP contribution in [0.25, 0.3) is 0 Å². The molecule has 0 saturated carbocycles. The molecule has 1 aliphatic heterocycles. The minimum absolute atomic E-state index is 0.267. The van der Waals surface area contributed by atoms with E-state index in [0.717, 1.165) is 49.9 Å². The summed E-state index contributed by atoms with van der Waals surface area (Å²) in [6.45, 7) is 0.786. The Balaban J connectivity index is 1.62. The lowest BCUT2D eigenvalue weighted by Gasteiger charge is -2.17. The molecule has 2 atom stereocenters. The molecule has 1 N–H and O–H groups in total. The summed E-state index contributed by atoms with van der Waals surface area (Å²) in [7, 11) is 0. The lowest BCUT2D eigenvalue weighted by atomic mass is 9.90. The molecule has 1 aromatic rings. The Morgan fingerprint density at radius 3 is 2.78 bits per heavy atom. The molecule has 4 heteroatoms. The van der Waals surface area contributed by atoms with Crippen molar-refractivity contribution in [1.29, 1.82) is 0 Å². The number of hydrogen-bond donors (Lipinski definition) is 1. The lowest BCUT2D eigenvalue weighted by Crippen LogP contribution is -2.15. The number of hydrogen-bond acceptors (Lipinski definition) is 3. The van der Waals surface area contributed by atoms with Gasteiger partial charge in [0.05, 0.1) is 6.61 Å². The van der Waals surface area contributed by atoms with Crippen LogP contribution in [0.4, 0.5) is 0 Å². The predicted molar refractivity (Wildman–Crippen MR) is 96.1 cm³/mol. The molecule has 0 spiro atoms. The van der Waals surface area contributed by atoms with Gasteiger partial charge in [-0.3, -0.25) is 4.79 Å². The number of aliphatic carboxylic acids is 1. The molecule has 1 saturated heterocycles. The minimum Gasteiger partial charge on any atom is -0.494 e. The minimum atomic E-state index is -0.705. The van der Waals surface area contributed by atoms with E-state index in [1.807, 2.05) is 42.1 Å². The number of thioether (sulfide) groups is 1. The van der Waals surface area contributed by atoms with Gasteiger partial charge in [-0.2, -0.15) is 11.8 Å². The number of carboxylic acids is 1. The van der Waals surface area contributed by atoms with E-state index in [1.165, 1.54) is 11.5 Å². The Bertz CT molecular complexity index is 487. The number of para-hydroxylation sites is 1. The molecule has 3 nitrogen and oxygen atoms in total. The molecule has 0 unspecified atom stereocenters. The van der Waals surface area contributed by atoms with E-state index in [9.17, 15) is 4.79 Å². The smallest absolute Gasteiger partial charge is 0.303 e. The number of allylic oxidation sites excluding steroid dienone is 2. The van der Waals surface area contributed by atoms with Gasteiger partial charge in [-0.1, -0.05) is 30.4 Å². The standard InChI is InChI=1S/C19H26O3S/c20-19(21)11-7-2-1-4-8-16-14-23-15-17(16)12-13-22-18-9-5-3-6-10-18/h1,3-6,9-10,16-17H,2,7-8,11-15H2,(H,20,21)/t16-,17+/m0/s1. The third kappa shape index (κ3) is 7.12. The van der Waals surface area contributed by atoms with E-state index in [2.05, 4.69) is 12.2 Å². The van der Waals surface area contributed by atoms with Crippen LogP contribution in [0.5, 0.6) is 5.75 Å². The normalized spacial score (nSPS) is 20.9. The van der Waals surface area contributed by atoms with Crippen molar-refractivity contribution in [2.24, 2.45) is 11.8 Å². The third-order valence-corrected chi connectivity index (χ3v) is 5.53. The van der Waals surface area contributed by atoms with Crippen molar-refractivity contribution in [3.63, 3.8) is 0 Å². The molecule has 0 aliphatic carbocycles. The molecule has 1 heterocycles. The fraction of sp³-hybridized carbons (Fsp3) is 0.526. The Morgan fingerprint density at radius 1 is 1.22 bits per heavy atom. The highest BCUT2D eigenvalue weighted by Crippen LogP contribution is 2.34. The van der Waals surface area contributed by atoms with Crippen LogP contribution >= 0.6 is 11.8 Å². The fourth-order valence-electron chi connectivity index (χ4n) is 2.83. The van der Waals surface area contributed by atoms with Gasteiger partial charge in [0, 0.05) is 6.42 Å². The summed E-state index contributed by atoms with van der Waals surface area (Å²) in [6.07, 6.45) is 8.47. The molecule has 0 aromatic heterocycles. The summed E-state index contributed by atoms with van der Waals surface area (Å²) in [6, 6.07) is 10.00. The maximum absolute atomic E-state index is 10.4. The SMILES string of the molecule is O=C(O)CCCC=CC[C@H]1CSC[C@H]1CCOc1ccccc1. The van der Waals surface area contributed by atoms with Crippen LogP contribution in [0, 0.1) is 11.8 Å². The monoisotopic (exact) mass is 334 g/mol. The van der Waals surface area contributed by atoms with Gasteiger partial charge in [-0.25, -0.2) is 0 Å². The highest BCUT2D eigenvalue weighted by molar-refractivity contribution is 7.99. The Labute approximate surface area is 143 Å². The molecule has 0 bridgehead atoms. The van der Waals surface area contributed by atoms with E-state index in [1.54, 1.807) is 0 Å². The van der Waals surface area contributed by atoms with Crippen LogP contribution in [-0.2, 0) is 4.79 Å². The van der Waals surface area contributed by atoms with Gasteiger partial charge in [0.1, 0.15) is 5.75 Å². The van der Waals surface area contributed by atoms with Crippen molar-refractivity contribution in [2.45, 2.75) is 32.1 Å². The second kappa shape index (κ2) is 10.4. The van der Waals surface area contributed by atoms with Crippen LogP contribution in [0.2, 0.25) is 0 Å². The van der Waals surface area contributed by atoms with E-state index in [0.29, 0.717) is 0 Å². The molecule has 1 aromatic carbocycles. The summed E-state index contributed by atoms with van der Waals surface area (Å²) < 4.78 is 5.81. The summed E-state index contributed by atoms with van der Waals surface area (Å²) >= 11 is 2.04. The van der Waals surface area contributed by atoms with Gasteiger partial charge in [0.15, 0.2) is 0 Å². The van der Waals surface area contributed by atoms with Crippen molar-refractivity contribution in [2.75, 3.05) is 18.1 Å². The first-order valence-electron chi connectivity index (χ1n) is 8.38. The van der Waals surface area contributed by atoms with Crippen LogP contribution in [0.15, 0.2) is 42.5 Å². The molecule has 23 heavy (non-hydrogen) atoms. The lowest BCUT2D eigenvalue weighted by molar-refractivity contribution is -0.137. The number of rotatable bonds is 10. The predicted octanol–water partition coefficient (Wildman–Crippen LogP) is 4.64. The summed E-state index contributed by atoms with van der Waals surface area (Å²) in [4.78, 5) is 10.4. The molecular weight excluding hydrogens is 308 g/mol. The molecule has 2 rings (SSSR count). The number of unbranched alkanes of at least 4 members (excludes halogenated alkanes) is 1. The largest absolute Gasteiger partial charge is 0.494 e. The zero-order valence-corrected chi connectivity index (χ0v) is 14.3. The number of carbonyl (C=O) groups is 1. The number of carboxylic acid groups (broad SMARTS) is 1. The van der Waals surface area contributed by atoms with Crippen molar-refractivity contribution in [1.82, 2.24) is 0 Å². The van der Waals surface area contributed by atoms with Crippen LogP contribution in [0.3, 0.4) is 0 Å². The molecule has 126 valence electrons. The van der Waals surface area contributed by atoms with Crippen molar-refractivity contribution >= 4 is 17.7 Å². The van der Waals surface area contributed by atoms with Crippen molar-refractivity contribution < 1.29 is 14.6 Å². The first-order valence-corrected chi connectivity index (χ1v) is 9.53. The maximum atomic E-state index is 10.4. The number of ether oxygens (including phenoxy) is 1. The van der Waals surface area contributed by atoms with E-state index >= 15 is 0 Å². The maximum Gasteiger partial charge on any atom is 0.303 e. The van der Waals surface area contributed by atoms with Gasteiger partial charge in [0.25, 0.3) is 0 Å². The third-order valence-electron chi connectivity index (χ3n) is 4.20. The van der Waals surface area contributed by atoms with Gasteiger partial charge < -0.3 is 9.84 Å². The molecular formula is C19H26O3S. The quantitative estimate of drug-likeness (QED) is 0.500. The average Bonchev–Trinajstić information content (AvgIpc) is 2.99. The Morgan fingerprint density at radius 2 is 2.00 bits per heavy atom. The Hall–Kier alpha value is -1.42. The van der Waals surface area contributed by atoms with Gasteiger partial charge >= 0.3 is 5.97 Å². The van der Waals surface area contributed by atoms with Gasteiger partial charge in [-0.15, -0.1) is 0 Å². The second-order valence-electron chi connectivity index (χ2n) is 6.00. The Kier molecular flexibility index (Phi) is 8.08. The average molecular weight is 334 g/mol. The first-order chi connectivity index (χ1) is 11.3. The molecule has 0 radical (unpaired) electrons. The highest BCUT2D eigenvalue weighted by atomic mass is 32.2. The van der Waals surface area contributed by atoms with Gasteiger partial charge in [0.2, 0.25) is 0 Å². The molecule has 0 amide bonds. The summed E-state index contributed by atoms with van der Waals surface area (Å²) in [5.74, 6) is 4.17. The fourth-order valence-corrected chi connectivity index (χ4v) is 4.42. The van der Waals surface area contributed by atoms with E-state index < -0.39 is 5.97 Å². The summed E-state index contributed by atoms with van der Waals surface area (Å²) in [5, 5.41) is 8.60. The van der Waals surface area contributed by atoms with Crippen LogP contribution in [-0.4, -0.2) is 29.2 Å². The van der Waals surface area contributed by atoms with Crippen LogP contribution < -0.4 is 4.74 Å². The van der Waals surface area contributed by atoms with Crippen molar-refractivity contribution in [3.05, 3.63) is 42.5 Å². The van der Waals surface area contributed by atoms with Gasteiger partial charge in [-0.05, 0) is 61.2 Å². The molecule has 1 aliphatic rings. The zero-order chi connectivity index (χ0) is 16.3. The first kappa shape index (κ1) is 17.9. The number of benzene rings is 1. The van der Waals surface area contributed by atoms with E-state index in [4.69, 9.17) is 9.84 Å². The second-order valence-corrected chi connectivity index (χ2v) is 7.08. The summed E-state index contributed by atoms with van der Waals surface area (Å²) in [5.41, 5.74) is 0. The molecule has 1 fully saturated rings. The van der Waals surface area contributed by atoms with E-state index in [-0.39, 0.29) is 6.42 Å².